The van der Waals surface area contributed by atoms with E-state index in [4.69, 9.17) is 0 Å². The summed E-state index contributed by atoms with van der Waals surface area (Å²) in [6.07, 6.45) is 0. The van der Waals surface area contributed by atoms with Crippen LogP contribution in [0, 0.1) is 11.6 Å². The minimum atomic E-state index is -4.42. The smallest absolute Gasteiger partial charge is 0.380 e. The fourth-order valence-electron chi connectivity index (χ4n) is 1.47. The summed E-state index contributed by atoms with van der Waals surface area (Å²) in [7, 11) is 0. The standard InChI is InChI=1S/C12H12F4O3/c1-3-19-10(17)12(15,16)11(2,18)7-5-4-6-8(13)9(7)14/h4-6,18H,3H2,1-2H3. The molecule has 0 bridgehead atoms. The number of carbonyl (C=O) groups is 1. The third-order valence-electron chi connectivity index (χ3n) is 2.62. The van der Waals surface area contributed by atoms with Gasteiger partial charge in [-0.3, -0.25) is 0 Å². The van der Waals surface area contributed by atoms with Crippen molar-refractivity contribution in [3.05, 3.63) is 35.4 Å². The first kappa shape index (κ1) is 15.4. The second-order valence-corrected chi connectivity index (χ2v) is 3.97. The second-order valence-electron chi connectivity index (χ2n) is 3.97. The Morgan fingerprint density at radius 2 is 1.95 bits per heavy atom. The molecule has 0 aliphatic heterocycles. The number of carbonyl (C=O) groups excluding carboxylic acids is 1. The number of ether oxygens (including phenoxy) is 1. The van der Waals surface area contributed by atoms with Crippen molar-refractivity contribution >= 4 is 5.97 Å². The molecule has 1 rings (SSSR count). The summed E-state index contributed by atoms with van der Waals surface area (Å²) in [6.45, 7) is 1.48. The van der Waals surface area contributed by atoms with Gasteiger partial charge in [0.2, 0.25) is 0 Å². The maximum atomic E-state index is 13.8. The molecule has 1 unspecified atom stereocenters. The molecule has 0 saturated heterocycles. The van der Waals surface area contributed by atoms with Crippen LogP contribution < -0.4 is 0 Å². The van der Waals surface area contributed by atoms with E-state index >= 15 is 0 Å². The fourth-order valence-corrected chi connectivity index (χ4v) is 1.47. The van der Waals surface area contributed by atoms with Gasteiger partial charge in [0.1, 0.15) is 0 Å². The van der Waals surface area contributed by atoms with Gasteiger partial charge in [0.15, 0.2) is 17.2 Å². The van der Waals surface area contributed by atoms with Crippen molar-refractivity contribution in [2.45, 2.75) is 25.4 Å². The van der Waals surface area contributed by atoms with Crippen molar-refractivity contribution in [1.29, 1.82) is 0 Å². The normalized spacial score (nSPS) is 14.9. The first-order chi connectivity index (χ1) is 8.66. The Hall–Kier alpha value is -1.63. The van der Waals surface area contributed by atoms with Crippen LogP contribution in [0.25, 0.3) is 0 Å². The van der Waals surface area contributed by atoms with E-state index in [0.717, 1.165) is 12.1 Å². The molecule has 3 nitrogen and oxygen atoms in total. The molecule has 0 radical (unpaired) electrons. The van der Waals surface area contributed by atoms with Gasteiger partial charge in [-0.05, 0) is 19.9 Å². The van der Waals surface area contributed by atoms with Crippen molar-refractivity contribution < 1.29 is 32.2 Å². The third-order valence-corrected chi connectivity index (χ3v) is 2.62. The lowest BCUT2D eigenvalue weighted by molar-refractivity contribution is -0.213. The number of hydrogen-bond donors (Lipinski definition) is 1. The van der Waals surface area contributed by atoms with Crippen LogP contribution in [0.3, 0.4) is 0 Å². The number of rotatable bonds is 4. The van der Waals surface area contributed by atoms with E-state index in [1.54, 1.807) is 0 Å². The zero-order valence-electron chi connectivity index (χ0n) is 10.2. The zero-order chi connectivity index (χ0) is 14.8. The topological polar surface area (TPSA) is 46.5 Å². The van der Waals surface area contributed by atoms with Gasteiger partial charge in [-0.2, -0.15) is 8.78 Å². The lowest BCUT2D eigenvalue weighted by Crippen LogP contribution is -2.50. The Morgan fingerprint density at radius 1 is 1.37 bits per heavy atom. The summed E-state index contributed by atoms with van der Waals surface area (Å²) in [6, 6.07) is 2.42. The van der Waals surface area contributed by atoms with Crippen LogP contribution in [-0.4, -0.2) is 23.6 Å². The minimum Gasteiger partial charge on any atom is -0.461 e. The van der Waals surface area contributed by atoms with Crippen LogP contribution >= 0.6 is 0 Å². The lowest BCUT2D eigenvalue weighted by Gasteiger charge is -2.31. The van der Waals surface area contributed by atoms with Crippen LogP contribution in [0.4, 0.5) is 17.6 Å². The maximum absolute atomic E-state index is 13.8. The molecule has 0 heterocycles. The Kier molecular flexibility index (Phi) is 4.19. The molecule has 1 atom stereocenters. The molecule has 19 heavy (non-hydrogen) atoms. The summed E-state index contributed by atoms with van der Waals surface area (Å²) in [5.41, 5.74) is -4.25. The van der Waals surface area contributed by atoms with E-state index in [1.807, 2.05) is 0 Å². The summed E-state index contributed by atoms with van der Waals surface area (Å²) in [4.78, 5) is 11.1. The molecule has 1 aromatic rings. The molecule has 0 spiro atoms. The number of alkyl halides is 2. The highest BCUT2D eigenvalue weighted by molar-refractivity contribution is 5.79. The van der Waals surface area contributed by atoms with Crippen molar-refractivity contribution in [2.75, 3.05) is 6.61 Å². The van der Waals surface area contributed by atoms with Gasteiger partial charge in [0.25, 0.3) is 0 Å². The summed E-state index contributed by atoms with van der Waals surface area (Å²) in [5.74, 6) is -9.48. The highest BCUT2D eigenvalue weighted by atomic mass is 19.3. The van der Waals surface area contributed by atoms with E-state index in [-0.39, 0.29) is 6.61 Å². The molecule has 1 aromatic carbocycles. The molecule has 0 fully saturated rings. The summed E-state index contributed by atoms with van der Waals surface area (Å²) < 4.78 is 58.1. The predicted octanol–water partition coefficient (Wildman–Crippen LogP) is 2.37. The summed E-state index contributed by atoms with van der Waals surface area (Å²) in [5, 5.41) is 9.76. The number of aliphatic hydroxyl groups is 1. The highest BCUT2D eigenvalue weighted by Crippen LogP contribution is 2.39. The van der Waals surface area contributed by atoms with E-state index < -0.39 is 34.7 Å². The van der Waals surface area contributed by atoms with Gasteiger partial charge in [0, 0.05) is 5.56 Å². The van der Waals surface area contributed by atoms with Crippen molar-refractivity contribution in [3.63, 3.8) is 0 Å². The van der Waals surface area contributed by atoms with E-state index in [0.29, 0.717) is 13.0 Å². The van der Waals surface area contributed by atoms with Crippen molar-refractivity contribution in [1.82, 2.24) is 0 Å². The Morgan fingerprint density at radius 3 is 2.47 bits per heavy atom. The van der Waals surface area contributed by atoms with E-state index in [2.05, 4.69) is 4.74 Å². The molecule has 0 aromatic heterocycles. The molecule has 0 aliphatic carbocycles. The first-order valence-electron chi connectivity index (χ1n) is 5.38. The molecule has 106 valence electrons. The maximum Gasteiger partial charge on any atom is 0.380 e. The van der Waals surface area contributed by atoms with Crippen molar-refractivity contribution in [3.8, 4) is 0 Å². The van der Waals surface area contributed by atoms with Crippen LogP contribution in [0.15, 0.2) is 18.2 Å². The Bertz CT molecular complexity index is 486. The summed E-state index contributed by atoms with van der Waals surface area (Å²) >= 11 is 0. The molecule has 1 N–H and O–H groups in total. The molecular formula is C12H12F4O3. The third kappa shape index (κ3) is 2.56. The van der Waals surface area contributed by atoms with Gasteiger partial charge < -0.3 is 9.84 Å². The largest absolute Gasteiger partial charge is 0.461 e. The fraction of sp³-hybridized carbons (Fsp3) is 0.417. The highest BCUT2D eigenvalue weighted by Gasteiger charge is 2.59. The van der Waals surface area contributed by atoms with Crippen LogP contribution in [-0.2, 0) is 15.1 Å². The zero-order valence-corrected chi connectivity index (χ0v) is 10.2. The molecule has 0 aliphatic rings. The monoisotopic (exact) mass is 280 g/mol. The molecule has 7 heteroatoms. The molecular weight excluding hydrogens is 268 g/mol. The molecule has 0 saturated carbocycles. The van der Waals surface area contributed by atoms with Crippen LogP contribution in [0.2, 0.25) is 0 Å². The minimum absolute atomic E-state index is 0.337. The average Bonchev–Trinajstić information content (AvgIpc) is 2.32. The van der Waals surface area contributed by atoms with Gasteiger partial charge >= 0.3 is 11.9 Å². The van der Waals surface area contributed by atoms with Crippen molar-refractivity contribution in [2.24, 2.45) is 0 Å². The SMILES string of the molecule is CCOC(=O)C(F)(F)C(C)(O)c1cccc(F)c1F. The average molecular weight is 280 g/mol. The van der Waals surface area contributed by atoms with Crippen LogP contribution in [0.5, 0.6) is 0 Å². The Balaban J connectivity index is 3.29. The number of esters is 1. The first-order valence-corrected chi connectivity index (χ1v) is 5.38. The molecule has 0 amide bonds. The van der Waals surface area contributed by atoms with E-state index in [9.17, 15) is 27.5 Å². The van der Waals surface area contributed by atoms with E-state index in [1.165, 1.54) is 6.92 Å². The quantitative estimate of drug-likeness (QED) is 0.680. The predicted molar refractivity (Wildman–Crippen MR) is 57.5 cm³/mol. The van der Waals surface area contributed by atoms with Gasteiger partial charge in [-0.25, -0.2) is 13.6 Å². The van der Waals surface area contributed by atoms with Gasteiger partial charge in [0.05, 0.1) is 6.61 Å². The van der Waals surface area contributed by atoms with Crippen LogP contribution in [0.1, 0.15) is 19.4 Å². The second kappa shape index (κ2) is 5.16. The lowest BCUT2D eigenvalue weighted by atomic mass is 9.88. The Labute approximate surface area is 106 Å². The number of hydrogen-bond acceptors (Lipinski definition) is 3. The van der Waals surface area contributed by atoms with Gasteiger partial charge in [-0.15, -0.1) is 0 Å². The number of halogens is 4. The van der Waals surface area contributed by atoms with Gasteiger partial charge in [-0.1, -0.05) is 12.1 Å². The number of benzene rings is 1.